The van der Waals surface area contributed by atoms with Crippen LogP contribution in [0.4, 0.5) is 5.69 Å². The van der Waals surface area contributed by atoms with Gasteiger partial charge in [-0.15, -0.1) is 0 Å². The smallest absolute Gasteiger partial charge is 0.122 e. The highest BCUT2D eigenvalue weighted by Crippen LogP contribution is 2.27. The van der Waals surface area contributed by atoms with Crippen LogP contribution in [0.15, 0.2) is 35.1 Å². The summed E-state index contributed by atoms with van der Waals surface area (Å²) in [5, 5.41) is 7.74. The van der Waals surface area contributed by atoms with Crippen LogP contribution in [-0.4, -0.2) is 16.9 Å². The van der Waals surface area contributed by atoms with Crippen LogP contribution in [0.1, 0.15) is 25.5 Å². The number of aryl methyl sites for hydroxylation is 1. The highest BCUT2D eigenvalue weighted by atomic mass is 79.9. The van der Waals surface area contributed by atoms with E-state index in [-0.39, 0.29) is 6.04 Å². The minimum atomic E-state index is 0.194. The maximum atomic E-state index is 5.26. The third kappa shape index (κ3) is 3.50. The molecular formula is C14H18BrN3O. The zero-order chi connectivity index (χ0) is 13.8. The van der Waals surface area contributed by atoms with Crippen molar-refractivity contribution in [2.75, 3.05) is 12.4 Å². The molecule has 0 spiro atoms. The van der Waals surface area contributed by atoms with Crippen LogP contribution in [0, 0.1) is 0 Å². The predicted octanol–water partition coefficient (Wildman–Crippen LogP) is 3.85. The van der Waals surface area contributed by atoms with E-state index in [0.717, 1.165) is 22.5 Å². The van der Waals surface area contributed by atoms with Crippen molar-refractivity contribution < 1.29 is 4.74 Å². The molecule has 0 bridgehead atoms. The maximum Gasteiger partial charge on any atom is 0.122 e. The lowest BCUT2D eigenvalue weighted by molar-refractivity contribution is 0.414. The summed E-state index contributed by atoms with van der Waals surface area (Å²) < 4.78 is 8.18. The van der Waals surface area contributed by atoms with Gasteiger partial charge in [-0.05, 0) is 26.0 Å². The predicted molar refractivity (Wildman–Crippen MR) is 80.6 cm³/mol. The summed E-state index contributed by atoms with van der Waals surface area (Å²) >= 11 is 3.48. The Hall–Kier alpha value is -1.49. The molecule has 1 aromatic heterocycles. The second-order valence-electron chi connectivity index (χ2n) is 4.38. The summed E-state index contributed by atoms with van der Waals surface area (Å²) in [5.41, 5.74) is 2.18. The van der Waals surface area contributed by atoms with E-state index in [1.54, 1.807) is 7.11 Å². The number of halogens is 1. The Labute approximate surface area is 121 Å². The average molecular weight is 324 g/mol. The number of benzene rings is 1. The number of ether oxygens (including phenoxy) is 1. The lowest BCUT2D eigenvalue weighted by Crippen LogP contribution is -2.06. The number of rotatable bonds is 5. The number of hydrogen-bond acceptors (Lipinski definition) is 3. The fourth-order valence-electron chi connectivity index (χ4n) is 1.87. The average Bonchev–Trinajstić information content (AvgIpc) is 2.86. The van der Waals surface area contributed by atoms with Crippen molar-refractivity contribution in [3.63, 3.8) is 0 Å². The number of hydrogen-bond donors (Lipinski definition) is 1. The molecule has 1 aromatic carbocycles. The molecule has 0 saturated heterocycles. The van der Waals surface area contributed by atoms with Gasteiger partial charge in [-0.2, -0.15) is 5.10 Å². The number of methoxy groups -OCH3 is 1. The number of nitrogens with one attached hydrogen (secondary N) is 1. The highest BCUT2D eigenvalue weighted by Gasteiger charge is 2.09. The zero-order valence-electron chi connectivity index (χ0n) is 11.4. The Kier molecular flexibility index (Phi) is 4.47. The Morgan fingerprint density at radius 2 is 2.21 bits per heavy atom. The number of aromatic nitrogens is 2. The van der Waals surface area contributed by atoms with E-state index in [9.17, 15) is 0 Å². The number of anilines is 1. The Bertz CT molecular complexity index is 553. The molecule has 1 heterocycles. The van der Waals surface area contributed by atoms with Gasteiger partial charge in [-0.25, -0.2) is 0 Å². The van der Waals surface area contributed by atoms with Gasteiger partial charge in [0.1, 0.15) is 5.75 Å². The van der Waals surface area contributed by atoms with Gasteiger partial charge in [-0.1, -0.05) is 15.9 Å². The highest BCUT2D eigenvalue weighted by molar-refractivity contribution is 9.10. The Morgan fingerprint density at radius 1 is 1.42 bits per heavy atom. The molecule has 2 aromatic rings. The summed E-state index contributed by atoms with van der Waals surface area (Å²) in [6.45, 7) is 5.08. The molecule has 0 aliphatic carbocycles. The van der Waals surface area contributed by atoms with Gasteiger partial charge >= 0.3 is 0 Å². The van der Waals surface area contributed by atoms with Crippen molar-refractivity contribution in [3.8, 4) is 5.75 Å². The molecule has 2 rings (SSSR count). The molecule has 0 radical (unpaired) electrons. The first-order valence-corrected chi connectivity index (χ1v) is 7.05. The summed E-state index contributed by atoms with van der Waals surface area (Å²) in [6, 6.07) is 6.14. The van der Waals surface area contributed by atoms with E-state index in [1.807, 2.05) is 29.1 Å². The van der Waals surface area contributed by atoms with Crippen LogP contribution in [0.5, 0.6) is 5.75 Å². The molecule has 102 valence electrons. The van der Waals surface area contributed by atoms with E-state index in [0.29, 0.717) is 0 Å². The third-order valence-electron chi connectivity index (χ3n) is 2.97. The minimum absolute atomic E-state index is 0.194. The Balaban J connectivity index is 2.13. The molecule has 4 nitrogen and oxygen atoms in total. The molecule has 5 heteroatoms. The van der Waals surface area contributed by atoms with Gasteiger partial charge in [0.2, 0.25) is 0 Å². The van der Waals surface area contributed by atoms with Gasteiger partial charge in [0.05, 0.1) is 19.3 Å². The van der Waals surface area contributed by atoms with E-state index in [4.69, 9.17) is 4.74 Å². The summed E-state index contributed by atoms with van der Waals surface area (Å²) in [6.07, 6.45) is 3.96. The second kappa shape index (κ2) is 6.10. The fourth-order valence-corrected chi connectivity index (χ4v) is 2.35. The van der Waals surface area contributed by atoms with Crippen LogP contribution >= 0.6 is 15.9 Å². The topological polar surface area (TPSA) is 39.1 Å². The largest absolute Gasteiger partial charge is 0.497 e. The molecule has 0 fully saturated rings. The lowest BCUT2D eigenvalue weighted by Gasteiger charge is -2.15. The van der Waals surface area contributed by atoms with Crippen molar-refractivity contribution in [2.45, 2.75) is 26.4 Å². The van der Waals surface area contributed by atoms with Gasteiger partial charge in [0.25, 0.3) is 0 Å². The first kappa shape index (κ1) is 13.9. The third-order valence-corrected chi connectivity index (χ3v) is 3.43. The van der Waals surface area contributed by atoms with E-state index in [2.05, 4.69) is 46.4 Å². The fraction of sp³-hybridized carbons (Fsp3) is 0.357. The van der Waals surface area contributed by atoms with Crippen molar-refractivity contribution in [2.24, 2.45) is 0 Å². The Morgan fingerprint density at radius 3 is 2.84 bits per heavy atom. The van der Waals surface area contributed by atoms with Crippen LogP contribution in [0.3, 0.4) is 0 Å². The van der Waals surface area contributed by atoms with Gasteiger partial charge < -0.3 is 10.1 Å². The number of nitrogens with zero attached hydrogens (tertiary/aromatic N) is 2. The minimum Gasteiger partial charge on any atom is -0.497 e. The van der Waals surface area contributed by atoms with Crippen molar-refractivity contribution in [1.29, 1.82) is 0 Å². The molecule has 19 heavy (non-hydrogen) atoms. The standard InChI is InChI=1S/C14H18BrN3O/c1-4-18-9-11(8-16-18)10(2)17-13-5-12(15)6-14(7-13)19-3/h5-10,17H,4H2,1-3H3. The molecule has 0 aliphatic rings. The monoisotopic (exact) mass is 323 g/mol. The van der Waals surface area contributed by atoms with E-state index in [1.165, 1.54) is 5.56 Å². The van der Waals surface area contributed by atoms with E-state index >= 15 is 0 Å². The van der Waals surface area contributed by atoms with Crippen LogP contribution < -0.4 is 10.1 Å². The van der Waals surface area contributed by atoms with Gasteiger partial charge in [-0.3, -0.25) is 4.68 Å². The zero-order valence-corrected chi connectivity index (χ0v) is 12.9. The normalized spacial score (nSPS) is 12.2. The van der Waals surface area contributed by atoms with Crippen molar-refractivity contribution in [1.82, 2.24) is 9.78 Å². The first-order chi connectivity index (χ1) is 9.12. The quantitative estimate of drug-likeness (QED) is 0.908. The van der Waals surface area contributed by atoms with Crippen molar-refractivity contribution >= 4 is 21.6 Å². The molecule has 0 amide bonds. The van der Waals surface area contributed by atoms with Gasteiger partial charge in [0.15, 0.2) is 0 Å². The summed E-state index contributed by atoms with van der Waals surface area (Å²) in [4.78, 5) is 0. The molecule has 1 unspecified atom stereocenters. The lowest BCUT2D eigenvalue weighted by atomic mass is 10.2. The van der Waals surface area contributed by atoms with Crippen LogP contribution in [0.25, 0.3) is 0 Å². The molecule has 1 N–H and O–H groups in total. The molecule has 1 atom stereocenters. The summed E-state index contributed by atoms with van der Waals surface area (Å²) in [5.74, 6) is 0.827. The van der Waals surface area contributed by atoms with Crippen molar-refractivity contribution in [3.05, 3.63) is 40.6 Å². The van der Waals surface area contributed by atoms with Crippen LogP contribution in [0.2, 0.25) is 0 Å². The van der Waals surface area contributed by atoms with E-state index < -0.39 is 0 Å². The SMILES string of the molecule is CCn1cc(C(C)Nc2cc(Br)cc(OC)c2)cn1. The van der Waals surface area contributed by atoms with Gasteiger partial charge in [0, 0.05) is 34.5 Å². The summed E-state index contributed by atoms with van der Waals surface area (Å²) in [7, 11) is 1.67. The molecule has 0 aliphatic heterocycles. The second-order valence-corrected chi connectivity index (χ2v) is 5.29. The van der Waals surface area contributed by atoms with Crippen LogP contribution in [-0.2, 0) is 6.54 Å². The molecular weight excluding hydrogens is 306 g/mol. The molecule has 0 saturated carbocycles. The maximum absolute atomic E-state index is 5.26. The first-order valence-electron chi connectivity index (χ1n) is 6.26.